The Kier molecular flexibility index (Phi) is 25.3. The van der Waals surface area contributed by atoms with Crippen LogP contribution in [0.25, 0.3) is 0 Å². The minimum atomic E-state index is -0.700. The highest BCUT2D eigenvalue weighted by molar-refractivity contribution is 5.69. The molecule has 0 spiro atoms. The summed E-state index contributed by atoms with van der Waals surface area (Å²) in [6, 6.07) is 0. The van der Waals surface area contributed by atoms with E-state index in [0.717, 1.165) is 64.2 Å². The maximum Gasteiger partial charge on any atom is 0.306 e. The van der Waals surface area contributed by atoms with Crippen molar-refractivity contribution in [1.29, 1.82) is 0 Å². The van der Waals surface area contributed by atoms with E-state index in [1.54, 1.807) is 0 Å². The average molecular weight is 481 g/mol. The summed E-state index contributed by atoms with van der Waals surface area (Å²) in [4.78, 5) is 22.9. The molecule has 0 aromatic carbocycles. The quantitative estimate of drug-likeness (QED) is 0.0760. The molecule has 0 bridgehead atoms. The minimum absolute atomic E-state index is 0.0465. The summed E-state index contributed by atoms with van der Waals surface area (Å²) in [6.45, 7) is 4.47. The molecule has 0 rings (SSSR count). The average Bonchev–Trinajstić information content (AvgIpc) is 2.81. The number of esters is 1. The highest BCUT2D eigenvalue weighted by Crippen LogP contribution is 2.15. The van der Waals surface area contributed by atoms with Crippen molar-refractivity contribution in [2.45, 2.75) is 168 Å². The molecule has 4 nitrogen and oxygen atoms in total. The molecule has 0 aromatic heterocycles. The van der Waals surface area contributed by atoms with Gasteiger partial charge in [0.1, 0.15) is 6.10 Å². The number of rotatable bonds is 26. The van der Waals surface area contributed by atoms with Crippen molar-refractivity contribution in [2.75, 3.05) is 0 Å². The number of hydrogen-bond donors (Lipinski definition) is 1. The molecule has 0 aliphatic rings. The lowest BCUT2D eigenvalue weighted by molar-refractivity contribution is -0.147. The van der Waals surface area contributed by atoms with E-state index in [0.29, 0.717) is 6.42 Å². The molecule has 0 heterocycles. The number of allylic oxidation sites excluding steroid dienone is 1. The van der Waals surface area contributed by atoms with Gasteiger partial charge in [-0.15, -0.1) is 0 Å². The first kappa shape index (κ1) is 32.7. The fourth-order valence-corrected chi connectivity index (χ4v) is 4.27. The number of carboxylic acids is 1. The largest absolute Gasteiger partial charge is 0.481 e. The van der Waals surface area contributed by atoms with Crippen LogP contribution in [0.2, 0.25) is 0 Å². The molecule has 1 unspecified atom stereocenters. The maximum atomic E-state index is 12.4. The first-order valence-corrected chi connectivity index (χ1v) is 14.7. The van der Waals surface area contributed by atoms with Crippen molar-refractivity contribution in [3.05, 3.63) is 12.2 Å². The van der Waals surface area contributed by atoms with E-state index in [-0.39, 0.29) is 18.5 Å². The van der Waals surface area contributed by atoms with Gasteiger partial charge in [0.2, 0.25) is 0 Å². The fraction of sp³-hybridized carbons (Fsp3) is 0.867. The monoisotopic (exact) mass is 480 g/mol. The summed E-state index contributed by atoms with van der Waals surface area (Å²) in [6.07, 6.45) is 29.5. The summed E-state index contributed by atoms with van der Waals surface area (Å²) < 4.78 is 5.83. The SMILES string of the molecule is CCCCCCCCC/C=C\C(CCCCCCCCC(=O)O)OC(=O)CCCCCCCC. The van der Waals surface area contributed by atoms with Gasteiger partial charge in [0.05, 0.1) is 0 Å². The van der Waals surface area contributed by atoms with Crippen LogP contribution in [0.1, 0.15) is 162 Å². The molecule has 1 atom stereocenters. The lowest BCUT2D eigenvalue weighted by Gasteiger charge is -2.15. The van der Waals surface area contributed by atoms with Gasteiger partial charge in [-0.3, -0.25) is 9.59 Å². The van der Waals surface area contributed by atoms with Gasteiger partial charge in [-0.05, 0) is 44.6 Å². The topological polar surface area (TPSA) is 63.6 Å². The van der Waals surface area contributed by atoms with Crippen molar-refractivity contribution < 1.29 is 19.4 Å². The number of carbonyl (C=O) groups excluding carboxylic acids is 1. The number of hydrogen-bond acceptors (Lipinski definition) is 3. The zero-order valence-electron chi connectivity index (χ0n) is 22.7. The number of aliphatic carboxylic acids is 1. The zero-order valence-corrected chi connectivity index (χ0v) is 22.7. The van der Waals surface area contributed by atoms with Crippen LogP contribution in [0.4, 0.5) is 0 Å². The van der Waals surface area contributed by atoms with Crippen LogP contribution < -0.4 is 0 Å². The summed E-state index contributed by atoms with van der Waals surface area (Å²) in [5.41, 5.74) is 0. The van der Waals surface area contributed by atoms with Crippen LogP contribution in [0, 0.1) is 0 Å². The first-order chi connectivity index (χ1) is 16.6. The second-order valence-electron chi connectivity index (χ2n) is 9.94. The highest BCUT2D eigenvalue weighted by atomic mass is 16.5. The smallest absolute Gasteiger partial charge is 0.306 e. The Bertz CT molecular complexity index is 486. The van der Waals surface area contributed by atoms with Crippen LogP contribution in [0.5, 0.6) is 0 Å². The molecule has 4 heteroatoms. The Balaban J connectivity index is 4.16. The minimum Gasteiger partial charge on any atom is -0.481 e. The summed E-state index contributed by atoms with van der Waals surface area (Å²) >= 11 is 0. The number of ether oxygens (including phenoxy) is 1. The lowest BCUT2D eigenvalue weighted by atomic mass is 10.0. The standard InChI is InChI=1S/C30H56O4/c1-3-5-7-9-11-12-13-16-20-24-28(25-21-17-14-15-18-22-26-29(31)32)34-30(33)27-23-19-10-8-6-4-2/h20,24,28H,3-19,21-23,25-27H2,1-2H3,(H,31,32)/b24-20-. The highest BCUT2D eigenvalue weighted by Gasteiger charge is 2.11. The van der Waals surface area contributed by atoms with E-state index < -0.39 is 5.97 Å². The number of unbranched alkanes of at least 4 members (excludes halogenated alkanes) is 17. The van der Waals surface area contributed by atoms with Gasteiger partial charge in [-0.1, -0.05) is 116 Å². The van der Waals surface area contributed by atoms with Gasteiger partial charge in [0, 0.05) is 12.8 Å². The number of carboxylic acid groups (broad SMARTS) is 1. The number of carbonyl (C=O) groups is 2. The molecular formula is C30H56O4. The van der Waals surface area contributed by atoms with E-state index in [1.165, 1.54) is 70.6 Å². The maximum absolute atomic E-state index is 12.4. The molecule has 0 amide bonds. The van der Waals surface area contributed by atoms with Gasteiger partial charge in [0.25, 0.3) is 0 Å². The molecular weight excluding hydrogens is 424 g/mol. The summed E-state index contributed by atoms with van der Waals surface area (Å²) in [5, 5.41) is 8.70. The Hall–Kier alpha value is -1.32. The molecule has 34 heavy (non-hydrogen) atoms. The van der Waals surface area contributed by atoms with Crippen LogP contribution in [-0.4, -0.2) is 23.1 Å². The molecule has 0 aromatic rings. The first-order valence-electron chi connectivity index (χ1n) is 14.7. The van der Waals surface area contributed by atoms with Crippen LogP contribution in [0.15, 0.2) is 12.2 Å². The van der Waals surface area contributed by atoms with Crippen LogP contribution >= 0.6 is 0 Å². The summed E-state index contributed by atoms with van der Waals surface area (Å²) in [7, 11) is 0. The third kappa shape index (κ3) is 25.3. The van der Waals surface area contributed by atoms with E-state index in [1.807, 2.05) is 0 Å². The normalized spacial score (nSPS) is 12.3. The molecule has 0 aliphatic carbocycles. The molecule has 0 fully saturated rings. The van der Waals surface area contributed by atoms with E-state index in [4.69, 9.17) is 9.84 Å². The summed E-state index contributed by atoms with van der Waals surface area (Å²) in [5.74, 6) is -0.747. The predicted molar refractivity (Wildman–Crippen MR) is 144 cm³/mol. The van der Waals surface area contributed by atoms with Crippen molar-refractivity contribution in [2.24, 2.45) is 0 Å². The fourth-order valence-electron chi connectivity index (χ4n) is 4.27. The van der Waals surface area contributed by atoms with E-state index >= 15 is 0 Å². The van der Waals surface area contributed by atoms with Crippen molar-refractivity contribution in [3.63, 3.8) is 0 Å². The lowest BCUT2D eigenvalue weighted by Crippen LogP contribution is -2.16. The third-order valence-corrected chi connectivity index (χ3v) is 6.47. The second-order valence-corrected chi connectivity index (χ2v) is 9.94. The molecule has 0 saturated carbocycles. The second kappa shape index (κ2) is 26.3. The van der Waals surface area contributed by atoms with Crippen molar-refractivity contribution >= 4 is 11.9 Å². The predicted octanol–water partition coefficient (Wildman–Crippen LogP) is 9.55. The molecule has 1 N–H and O–H groups in total. The van der Waals surface area contributed by atoms with Crippen LogP contribution in [0.3, 0.4) is 0 Å². The van der Waals surface area contributed by atoms with Gasteiger partial charge >= 0.3 is 11.9 Å². The van der Waals surface area contributed by atoms with Crippen molar-refractivity contribution in [3.8, 4) is 0 Å². The Morgan fingerprint density at radius 3 is 1.68 bits per heavy atom. The van der Waals surface area contributed by atoms with Crippen LogP contribution in [-0.2, 0) is 14.3 Å². The Morgan fingerprint density at radius 2 is 1.12 bits per heavy atom. The third-order valence-electron chi connectivity index (χ3n) is 6.47. The molecule has 0 saturated heterocycles. The van der Waals surface area contributed by atoms with Crippen molar-refractivity contribution in [1.82, 2.24) is 0 Å². The zero-order chi connectivity index (χ0) is 25.1. The Morgan fingerprint density at radius 1 is 0.647 bits per heavy atom. The van der Waals surface area contributed by atoms with Gasteiger partial charge in [-0.2, -0.15) is 0 Å². The van der Waals surface area contributed by atoms with E-state index in [9.17, 15) is 9.59 Å². The molecule has 0 aliphatic heterocycles. The molecule has 200 valence electrons. The van der Waals surface area contributed by atoms with Gasteiger partial charge < -0.3 is 9.84 Å². The van der Waals surface area contributed by atoms with Gasteiger partial charge in [0.15, 0.2) is 0 Å². The molecule has 0 radical (unpaired) electrons. The Labute approximate surface area is 211 Å². The van der Waals surface area contributed by atoms with E-state index in [2.05, 4.69) is 26.0 Å². The van der Waals surface area contributed by atoms with Gasteiger partial charge in [-0.25, -0.2) is 0 Å².